The molecule has 52 heavy (non-hydrogen) atoms. The van der Waals surface area contributed by atoms with Crippen LogP contribution in [0.15, 0.2) is 46.9 Å². The lowest BCUT2D eigenvalue weighted by Gasteiger charge is -2.30. The first-order chi connectivity index (χ1) is 24.6. The van der Waals surface area contributed by atoms with Crippen LogP contribution in [0.25, 0.3) is 76.5 Å². The Morgan fingerprint density at radius 2 is 0.673 bits per heavy atom. The van der Waals surface area contributed by atoms with E-state index in [2.05, 4.69) is 160 Å². The van der Waals surface area contributed by atoms with Crippen molar-refractivity contribution in [1.82, 2.24) is 0 Å². The third kappa shape index (κ3) is 4.45. The van der Waals surface area contributed by atoms with Crippen molar-refractivity contribution in [2.75, 3.05) is 0 Å². The maximum absolute atomic E-state index is 6.93. The van der Waals surface area contributed by atoms with Crippen molar-refractivity contribution in [2.24, 2.45) is 0 Å². The predicted molar refractivity (Wildman–Crippen MR) is 280 cm³/mol. The summed E-state index contributed by atoms with van der Waals surface area (Å²) >= 11 is 0. The van der Waals surface area contributed by atoms with Crippen LogP contribution in [0.5, 0.6) is 0 Å². The highest BCUT2D eigenvalue weighted by molar-refractivity contribution is 6.73. The summed E-state index contributed by atoms with van der Waals surface area (Å²) in [7, 11) is 34.8. The van der Waals surface area contributed by atoms with Gasteiger partial charge in [-0.1, -0.05) is 97.1 Å². The molecule has 0 aliphatic carbocycles. The van der Waals surface area contributed by atoms with E-state index < -0.39 is 0 Å². The minimum absolute atomic E-state index is 1.03. The SMILES string of the molecule is Bc1c(B)c(B)c2c(oc3c(B)c(B)c(-c4c5c(B)c(B)c(B)c(B)c5c(-c5cccc6ccccc56)c5c(B)c(B)c(B)c(B)c45)c(B)c32)c1B. The Kier molecular flexibility index (Phi) is 8.15. The Balaban J connectivity index is 1.75. The molecule has 8 rings (SSSR count). The summed E-state index contributed by atoms with van der Waals surface area (Å²) in [6.45, 7) is 0. The smallest absolute Gasteiger partial charge is 0.143 e. The average molecular weight is 648 g/mol. The van der Waals surface area contributed by atoms with Gasteiger partial charge in [0.25, 0.3) is 0 Å². The molecule has 1 heterocycles. The van der Waals surface area contributed by atoms with Crippen molar-refractivity contribution in [3.63, 3.8) is 0 Å². The van der Waals surface area contributed by atoms with Gasteiger partial charge in [-0.3, -0.25) is 0 Å². The second-order valence-corrected chi connectivity index (χ2v) is 16.0. The molecule has 0 saturated heterocycles. The minimum atomic E-state index is 1.03. The molecule has 0 N–H and O–H groups in total. The van der Waals surface area contributed by atoms with Crippen molar-refractivity contribution >= 4 is 254 Å². The fraction of sp³-hybridized carbons (Fsp3) is 0. The molecular weight excluding hydrogens is 611 g/mol. The Hall–Kier alpha value is -3.91. The largest absolute Gasteiger partial charge is 0.457 e. The molecule has 0 amide bonds. The average Bonchev–Trinajstić information content (AvgIpc) is 3.55. The first-order valence-electron chi connectivity index (χ1n) is 19.0. The van der Waals surface area contributed by atoms with Crippen molar-refractivity contribution in [3.8, 4) is 22.3 Å². The number of furan rings is 1. The van der Waals surface area contributed by atoms with Gasteiger partial charge in [0.2, 0.25) is 0 Å². The molecule has 0 aliphatic heterocycles. The highest BCUT2D eigenvalue weighted by Gasteiger charge is 2.29. The molecule has 0 bridgehead atoms. The zero-order valence-electron chi connectivity index (χ0n) is 33.9. The Morgan fingerprint density at radius 1 is 0.288 bits per heavy atom. The van der Waals surface area contributed by atoms with Crippen molar-refractivity contribution < 1.29 is 4.42 Å². The van der Waals surface area contributed by atoms with E-state index in [9.17, 15) is 0 Å². The van der Waals surface area contributed by atoms with Gasteiger partial charge in [0.15, 0.2) is 0 Å². The van der Waals surface area contributed by atoms with Crippen LogP contribution in [0.3, 0.4) is 0 Å². The minimum Gasteiger partial charge on any atom is -0.457 e. The normalized spacial score (nSPS) is 11.8. The summed E-state index contributed by atoms with van der Waals surface area (Å²) in [5.41, 5.74) is 27.6. The number of hydrogen-bond acceptors (Lipinski definition) is 1. The molecule has 7 aromatic carbocycles. The fourth-order valence-corrected chi connectivity index (χ4v) is 9.82. The second kappa shape index (κ2) is 12.1. The van der Waals surface area contributed by atoms with Gasteiger partial charge in [0.1, 0.15) is 129 Å². The molecule has 0 saturated carbocycles. The lowest BCUT2D eigenvalue weighted by Crippen LogP contribution is -2.50. The first kappa shape index (κ1) is 35.1. The van der Waals surface area contributed by atoms with Crippen LogP contribution < -0.4 is 81.9 Å². The zero-order valence-corrected chi connectivity index (χ0v) is 33.9. The Bertz CT molecular complexity index is 2880. The van der Waals surface area contributed by atoms with Gasteiger partial charge in [0, 0.05) is 10.8 Å². The molecule has 0 aliphatic rings. The molecule has 16 heteroatoms. The summed E-state index contributed by atoms with van der Waals surface area (Å²) in [5, 5.41) is 10.7. The van der Waals surface area contributed by atoms with Gasteiger partial charge in [-0.15, -0.1) is 27.3 Å². The quantitative estimate of drug-likeness (QED) is 0.134. The van der Waals surface area contributed by atoms with E-state index >= 15 is 0 Å². The summed E-state index contributed by atoms with van der Waals surface area (Å²) < 4.78 is 6.93. The van der Waals surface area contributed by atoms with Crippen LogP contribution in [0.4, 0.5) is 0 Å². The molecule has 0 atom stereocenters. The molecule has 1 nitrogen and oxygen atoms in total. The maximum atomic E-state index is 6.93. The van der Waals surface area contributed by atoms with Gasteiger partial charge in [0.05, 0.1) is 0 Å². The number of hydrogen-bond donors (Lipinski definition) is 0. The third-order valence-corrected chi connectivity index (χ3v) is 14.0. The van der Waals surface area contributed by atoms with Crippen LogP contribution in [0.1, 0.15) is 0 Å². The van der Waals surface area contributed by atoms with Crippen molar-refractivity contribution in [2.45, 2.75) is 0 Å². The van der Waals surface area contributed by atoms with E-state index in [-0.39, 0.29) is 0 Å². The van der Waals surface area contributed by atoms with Crippen LogP contribution >= 0.6 is 0 Å². The van der Waals surface area contributed by atoms with E-state index in [1.54, 1.807) is 0 Å². The van der Waals surface area contributed by atoms with Crippen molar-refractivity contribution in [3.05, 3.63) is 42.5 Å². The van der Waals surface area contributed by atoms with Gasteiger partial charge < -0.3 is 4.42 Å². The molecule has 1 aromatic heterocycles. The topological polar surface area (TPSA) is 13.1 Å². The molecule has 0 fully saturated rings. The van der Waals surface area contributed by atoms with Gasteiger partial charge >= 0.3 is 0 Å². The van der Waals surface area contributed by atoms with Crippen molar-refractivity contribution in [1.29, 1.82) is 0 Å². The summed E-state index contributed by atoms with van der Waals surface area (Å²) in [4.78, 5) is 0. The number of benzene rings is 7. The summed E-state index contributed by atoms with van der Waals surface area (Å²) in [5.74, 6) is 0. The first-order valence-corrected chi connectivity index (χ1v) is 19.0. The number of rotatable bonds is 2. The number of fused-ring (bicyclic) bond motifs is 6. The summed E-state index contributed by atoms with van der Waals surface area (Å²) in [6.07, 6.45) is 0. The molecule has 0 unspecified atom stereocenters. The van der Waals surface area contributed by atoms with Crippen LogP contribution in [0, 0.1) is 0 Å². The van der Waals surface area contributed by atoms with E-state index in [1.807, 2.05) is 0 Å². The standard InChI is InChI=1S/C36H37B15O/c37-20-17(25(42)33(50)35-18(20)19-26(43)31(48)32(49)34(51)36(19)52-35)12-15-13(21(38)27(44)29(46)23(15)40)11(10-7-3-5-8-4-1-2-6-9(8)10)14-16(12)24(41)30(47)28(45)22(14)39/h1-7H,37-51H2. The van der Waals surface area contributed by atoms with E-state index in [0.717, 1.165) is 11.2 Å². The maximum Gasteiger partial charge on any atom is 0.143 e. The van der Waals surface area contributed by atoms with E-state index in [0.29, 0.717) is 0 Å². The molecule has 0 radical (unpaired) electrons. The highest BCUT2D eigenvalue weighted by atomic mass is 16.3. The molecule has 0 spiro atoms. The Labute approximate surface area is 321 Å². The highest BCUT2D eigenvalue weighted by Crippen LogP contribution is 2.42. The lowest BCUT2D eigenvalue weighted by atomic mass is 9.58. The van der Waals surface area contributed by atoms with E-state index in [1.165, 1.54) is 147 Å². The molecular formula is C36H37B15O. The lowest BCUT2D eigenvalue weighted by molar-refractivity contribution is 0.675. The monoisotopic (exact) mass is 650 g/mol. The Morgan fingerprint density at radius 3 is 1.19 bits per heavy atom. The fourth-order valence-electron chi connectivity index (χ4n) is 9.82. The second-order valence-electron chi connectivity index (χ2n) is 16.0. The van der Waals surface area contributed by atoms with Crippen LogP contribution in [0.2, 0.25) is 0 Å². The van der Waals surface area contributed by atoms with Gasteiger partial charge in [-0.2, -0.15) is 0 Å². The van der Waals surface area contributed by atoms with E-state index in [4.69, 9.17) is 4.42 Å². The predicted octanol–water partition coefficient (Wildman–Crippen LogP) is -15.7. The molecule has 232 valence electrons. The third-order valence-electron chi connectivity index (χ3n) is 14.0. The van der Waals surface area contributed by atoms with Gasteiger partial charge in [-0.25, -0.2) is 0 Å². The van der Waals surface area contributed by atoms with Gasteiger partial charge in [-0.05, 0) is 54.6 Å². The zero-order chi connectivity index (χ0) is 37.4. The van der Waals surface area contributed by atoms with Crippen LogP contribution in [-0.2, 0) is 0 Å². The van der Waals surface area contributed by atoms with Crippen LogP contribution in [-0.4, -0.2) is 118 Å². The summed E-state index contributed by atoms with van der Waals surface area (Å²) in [6, 6.07) is 15.8. The molecule has 8 aromatic rings.